The van der Waals surface area contributed by atoms with Crippen molar-refractivity contribution in [3.63, 3.8) is 0 Å². The van der Waals surface area contributed by atoms with Gasteiger partial charge < -0.3 is 10.2 Å². The zero-order valence-electron chi connectivity index (χ0n) is 15.0. The molecule has 2 amide bonds. The summed E-state index contributed by atoms with van der Waals surface area (Å²) in [5.41, 5.74) is 1.81. The molecule has 7 nitrogen and oxygen atoms in total. The van der Waals surface area contributed by atoms with E-state index < -0.39 is 5.92 Å². The highest BCUT2D eigenvalue weighted by Crippen LogP contribution is 2.27. The second kappa shape index (κ2) is 7.93. The van der Waals surface area contributed by atoms with Crippen molar-refractivity contribution >= 4 is 39.2 Å². The summed E-state index contributed by atoms with van der Waals surface area (Å²) in [6.45, 7) is 0.930. The fourth-order valence-electron chi connectivity index (χ4n) is 3.20. The normalized spacial score (nSPS) is 16.4. The lowest BCUT2D eigenvalue weighted by Gasteiger charge is -2.16. The van der Waals surface area contributed by atoms with Gasteiger partial charge in [0.25, 0.3) is 0 Å². The number of anilines is 2. The third-order valence-electron chi connectivity index (χ3n) is 4.57. The predicted molar refractivity (Wildman–Crippen MR) is 109 cm³/mol. The van der Waals surface area contributed by atoms with E-state index in [1.807, 2.05) is 36.4 Å². The Labute approximate surface area is 170 Å². The van der Waals surface area contributed by atoms with Crippen molar-refractivity contribution in [3.8, 4) is 0 Å². The molecule has 1 unspecified atom stereocenters. The van der Waals surface area contributed by atoms with Gasteiger partial charge in [-0.15, -0.1) is 0 Å². The van der Waals surface area contributed by atoms with E-state index in [1.54, 1.807) is 34.2 Å². The summed E-state index contributed by atoms with van der Waals surface area (Å²) >= 11 is 3.41. The van der Waals surface area contributed by atoms with Crippen LogP contribution in [0.1, 0.15) is 12.0 Å². The first-order chi connectivity index (χ1) is 13.6. The third kappa shape index (κ3) is 4.12. The molecule has 1 fully saturated rings. The van der Waals surface area contributed by atoms with Crippen molar-refractivity contribution in [1.29, 1.82) is 0 Å². The van der Waals surface area contributed by atoms with E-state index >= 15 is 0 Å². The van der Waals surface area contributed by atoms with Crippen molar-refractivity contribution in [2.24, 2.45) is 5.92 Å². The predicted octanol–water partition coefficient (Wildman–Crippen LogP) is 3.08. The Hall–Kier alpha value is -3.00. The van der Waals surface area contributed by atoms with Gasteiger partial charge in [-0.1, -0.05) is 28.1 Å². The summed E-state index contributed by atoms with van der Waals surface area (Å²) in [5, 5.41) is 7.20. The number of halogens is 1. The molecule has 4 rings (SSSR count). The summed E-state index contributed by atoms with van der Waals surface area (Å²) in [6.07, 6.45) is 5.49. The first kappa shape index (κ1) is 18.4. The first-order valence-corrected chi connectivity index (χ1v) is 9.67. The van der Waals surface area contributed by atoms with E-state index in [9.17, 15) is 9.59 Å². The third-order valence-corrected chi connectivity index (χ3v) is 5.07. The average Bonchev–Trinajstić information content (AvgIpc) is 3.29. The van der Waals surface area contributed by atoms with E-state index in [4.69, 9.17) is 0 Å². The van der Waals surface area contributed by atoms with Crippen LogP contribution in [0.4, 0.5) is 11.5 Å². The second-order valence-electron chi connectivity index (χ2n) is 6.63. The van der Waals surface area contributed by atoms with Crippen molar-refractivity contribution in [2.45, 2.75) is 13.0 Å². The zero-order valence-corrected chi connectivity index (χ0v) is 16.5. The van der Waals surface area contributed by atoms with Crippen molar-refractivity contribution in [3.05, 3.63) is 71.1 Å². The maximum Gasteiger partial charge on any atom is 0.231 e. The van der Waals surface area contributed by atoms with Crippen LogP contribution in [0.5, 0.6) is 0 Å². The number of carbonyl (C=O) groups excluding carboxylic acids is 2. The minimum Gasteiger partial charge on any atom is -0.312 e. The molecule has 8 heteroatoms. The van der Waals surface area contributed by atoms with Crippen molar-refractivity contribution in [1.82, 2.24) is 14.8 Å². The number of aromatic nitrogens is 3. The van der Waals surface area contributed by atoms with Gasteiger partial charge in [0.2, 0.25) is 11.8 Å². The van der Waals surface area contributed by atoms with Crippen LogP contribution in [-0.4, -0.2) is 33.1 Å². The molecule has 0 saturated carbocycles. The molecule has 1 saturated heterocycles. The van der Waals surface area contributed by atoms with Crippen LogP contribution in [0.3, 0.4) is 0 Å². The molecule has 3 aromatic rings. The molecule has 3 heterocycles. The Morgan fingerprint density at radius 1 is 1.25 bits per heavy atom. The van der Waals surface area contributed by atoms with Crippen LogP contribution in [-0.2, 0) is 16.1 Å². The highest BCUT2D eigenvalue weighted by atomic mass is 79.9. The van der Waals surface area contributed by atoms with Gasteiger partial charge in [0.05, 0.1) is 12.5 Å². The van der Waals surface area contributed by atoms with Gasteiger partial charge in [0.1, 0.15) is 0 Å². The lowest BCUT2D eigenvalue weighted by Crippen LogP contribution is -2.28. The second-order valence-corrected chi connectivity index (χ2v) is 7.55. The summed E-state index contributed by atoms with van der Waals surface area (Å²) in [5.74, 6) is -0.185. The highest BCUT2D eigenvalue weighted by Gasteiger charge is 2.35. The minimum absolute atomic E-state index is 0.0552. The lowest BCUT2D eigenvalue weighted by atomic mass is 10.1. The molecule has 0 radical (unpaired) electrons. The number of hydrogen-bond donors (Lipinski definition) is 1. The fourth-order valence-corrected chi connectivity index (χ4v) is 3.59. The molecule has 1 N–H and O–H groups in total. The topological polar surface area (TPSA) is 80.1 Å². The van der Waals surface area contributed by atoms with Gasteiger partial charge in [-0.2, -0.15) is 5.10 Å². The Kier molecular flexibility index (Phi) is 5.21. The van der Waals surface area contributed by atoms with Gasteiger partial charge >= 0.3 is 0 Å². The number of benzene rings is 1. The number of nitrogens with one attached hydrogen (secondary N) is 1. The van der Waals surface area contributed by atoms with Crippen LogP contribution >= 0.6 is 15.9 Å². The molecular formula is C20H18BrN5O2. The molecule has 1 aromatic carbocycles. The Balaban J connectivity index is 1.38. The van der Waals surface area contributed by atoms with E-state index in [-0.39, 0.29) is 18.2 Å². The van der Waals surface area contributed by atoms with E-state index in [0.29, 0.717) is 18.9 Å². The number of nitrogens with zero attached hydrogens (tertiary/aromatic N) is 4. The molecule has 1 aliphatic rings. The number of hydrogen-bond acceptors (Lipinski definition) is 4. The SMILES string of the molecule is O=C(Nc1ccn(Cc2cccnc2)n1)C1CC(=O)N(c2cccc(Br)c2)C1. The van der Waals surface area contributed by atoms with Crippen LogP contribution < -0.4 is 10.2 Å². The van der Waals surface area contributed by atoms with Crippen molar-refractivity contribution < 1.29 is 9.59 Å². The molecular weight excluding hydrogens is 422 g/mol. The summed E-state index contributed by atoms with van der Waals surface area (Å²) in [6, 6.07) is 13.1. The standard InChI is InChI=1S/C20H18BrN5O2/c21-16-4-1-5-17(10-16)26-13-15(9-19(26)27)20(28)23-18-6-8-25(24-18)12-14-3-2-7-22-11-14/h1-8,10-11,15H,9,12-13H2,(H,23,24,28). The highest BCUT2D eigenvalue weighted by molar-refractivity contribution is 9.10. The summed E-state index contributed by atoms with van der Waals surface area (Å²) in [4.78, 5) is 30.7. The Morgan fingerprint density at radius 2 is 2.14 bits per heavy atom. The molecule has 1 atom stereocenters. The molecule has 2 aromatic heterocycles. The number of rotatable bonds is 5. The molecule has 142 valence electrons. The Bertz CT molecular complexity index is 1000. The summed E-state index contributed by atoms with van der Waals surface area (Å²) in [7, 11) is 0. The molecule has 28 heavy (non-hydrogen) atoms. The number of amides is 2. The minimum atomic E-state index is -0.407. The lowest BCUT2D eigenvalue weighted by molar-refractivity contribution is -0.122. The van der Waals surface area contributed by atoms with Gasteiger partial charge in [-0.25, -0.2) is 0 Å². The van der Waals surface area contributed by atoms with Crippen LogP contribution in [0.25, 0.3) is 0 Å². The van der Waals surface area contributed by atoms with Crippen molar-refractivity contribution in [2.75, 3.05) is 16.8 Å². The number of carbonyl (C=O) groups is 2. The van der Waals surface area contributed by atoms with E-state index in [2.05, 4.69) is 31.3 Å². The fraction of sp³-hybridized carbons (Fsp3) is 0.200. The van der Waals surface area contributed by atoms with Crippen LogP contribution in [0, 0.1) is 5.92 Å². The van der Waals surface area contributed by atoms with Gasteiger partial charge in [-0.05, 0) is 29.8 Å². The number of pyridine rings is 1. The van der Waals surface area contributed by atoms with Gasteiger partial charge in [0.15, 0.2) is 5.82 Å². The Morgan fingerprint density at radius 3 is 2.93 bits per heavy atom. The average molecular weight is 440 g/mol. The zero-order chi connectivity index (χ0) is 19.5. The molecule has 0 bridgehead atoms. The van der Waals surface area contributed by atoms with Crippen LogP contribution in [0.15, 0.2) is 65.5 Å². The van der Waals surface area contributed by atoms with Gasteiger partial charge in [-0.3, -0.25) is 19.3 Å². The quantitative estimate of drug-likeness (QED) is 0.662. The molecule has 1 aliphatic heterocycles. The maximum absolute atomic E-state index is 12.6. The van der Waals surface area contributed by atoms with Crippen LogP contribution in [0.2, 0.25) is 0 Å². The smallest absolute Gasteiger partial charge is 0.231 e. The van der Waals surface area contributed by atoms with Gasteiger partial charge in [0, 0.05) is 47.8 Å². The largest absolute Gasteiger partial charge is 0.312 e. The summed E-state index contributed by atoms with van der Waals surface area (Å²) < 4.78 is 2.63. The molecule has 0 spiro atoms. The first-order valence-electron chi connectivity index (χ1n) is 8.87. The maximum atomic E-state index is 12.6. The van der Waals surface area contributed by atoms with E-state index in [1.165, 1.54) is 0 Å². The van der Waals surface area contributed by atoms with E-state index in [0.717, 1.165) is 15.7 Å². The monoisotopic (exact) mass is 439 g/mol. The molecule has 0 aliphatic carbocycles.